The molecule has 0 bridgehead atoms. The third kappa shape index (κ3) is 5.72. The molecule has 0 aliphatic rings. The average molecular weight is 422 g/mol. The number of hydrogen-bond donors (Lipinski definition) is 0. The number of esters is 1. The summed E-state index contributed by atoms with van der Waals surface area (Å²) < 4.78 is 17.8. The first-order chi connectivity index (χ1) is 15.0. The molecular weight excluding hydrogens is 396 g/mol. The summed E-state index contributed by atoms with van der Waals surface area (Å²) in [6.07, 6.45) is 4.97. The topological polar surface area (TPSA) is 79.1 Å². The van der Waals surface area contributed by atoms with Crippen LogP contribution in [0.3, 0.4) is 0 Å². The van der Waals surface area contributed by atoms with E-state index >= 15 is 0 Å². The van der Waals surface area contributed by atoms with E-state index in [-0.39, 0.29) is 12.2 Å². The number of ether oxygens (including phenoxy) is 3. The quantitative estimate of drug-likeness (QED) is 0.295. The molecule has 7 heteroatoms. The van der Waals surface area contributed by atoms with Crippen molar-refractivity contribution < 1.29 is 19.0 Å². The van der Waals surface area contributed by atoms with Crippen LogP contribution in [0.15, 0.2) is 53.3 Å². The molecule has 0 aliphatic carbocycles. The number of rotatable bonds is 9. The third-order valence-electron chi connectivity index (χ3n) is 4.65. The summed E-state index contributed by atoms with van der Waals surface area (Å²) in [5, 5.41) is 0. The fraction of sp³-hybridized carbons (Fsp3) is 0.292. The SMILES string of the molecule is CCCCOc1ccc(/C=C/C(=O)OCc2cc(=O)n3c(C)cccc3n2)cc1OC. The zero-order chi connectivity index (χ0) is 22.2. The Bertz CT molecular complexity index is 1150. The average Bonchev–Trinajstić information content (AvgIpc) is 2.76. The molecule has 0 amide bonds. The van der Waals surface area contributed by atoms with Crippen LogP contribution in [0.4, 0.5) is 0 Å². The molecule has 1 aromatic carbocycles. The van der Waals surface area contributed by atoms with Gasteiger partial charge in [-0.25, -0.2) is 9.78 Å². The molecule has 0 saturated carbocycles. The van der Waals surface area contributed by atoms with Gasteiger partial charge in [0, 0.05) is 17.8 Å². The van der Waals surface area contributed by atoms with Gasteiger partial charge in [-0.3, -0.25) is 9.20 Å². The summed E-state index contributed by atoms with van der Waals surface area (Å²) in [5.74, 6) is 0.732. The van der Waals surface area contributed by atoms with Crippen molar-refractivity contribution in [2.75, 3.05) is 13.7 Å². The number of nitrogens with zero attached hydrogens (tertiary/aromatic N) is 2. The minimum absolute atomic E-state index is 0.0869. The van der Waals surface area contributed by atoms with Crippen LogP contribution in [0.2, 0.25) is 0 Å². The molecule has 2 aromatic heterocycles. The number of methoxy groups -OCH3 is 1. The van der Waals surface area contributed by atoms with E-state index in [2.05, 4.69) is 11.9 Å². The molecule has 0 N–H and O–H groups in total. The molecular formula is C24H26N2O5. The van der Waals surface area contributed by atoms with Gasteiger partial charge in [-0.2, -0.15) is 0 Å². The lowest BCUT2D eigenvalue weighted by Gasteiger charge is -2.11. The molecule has 0 aliphatic heterocycles. The van der Waals surface area contributed by atoms with Gasteiger partial charge < -0.3 is 14.2 Å². The number of hydrogen-bond acceptors (Lipinski definition) is 6. The fourth-order valence-electron chi connectivity index (χ4n) is 3.03. The maximum Gasteiger partial charge on any atom is 0.331 e. The Morgan fingerprint density at radius 3 is 2.77 bits per heavy atom. The van der Waals surface area contributed by atoms with E-state index in [1.807, 2.05) is 31.2 Å². The molecule has 162 valence electrons. The van der Waals surface area contributed by atoms with Crippen LogP contribution in [0.1, 0.15) is 36.7 Å². The summed E-state index contributed by atoms with van der Waals surface area (Å²) in [4.78, 5) is 28.8. The summed E-state index contributed by atoms with van der Waals surface area (Å²) in [6, 6.07) is 12.2. The minimum Gasteiger partial charge on any atom is -0.493 e. The van der Waals surface area contributed by atoms with Crippen molar-refractivity contribution in [1.29, 1.82) is 0 Å². The lowest BCUT2D eigenvalue weighted by atomic mass is 10.2. The van der Waals surface area contributed by atoms with Crippen molar-refractivity contribution in [2.24, 2.45) is 0 Å². The molecule has 0 saturated heterocycles. The predicted molar refractivity (Wildman–Crippen MR) is 118 cm³/mol. The van der Waals surface area contributed by atoms with Gasteiger partial charge in [-0.1, -0.05) is 25.5 Å². The Morgan fingerprint density at radius 1 is 1.16 bits per heavy atom. The standard InChI is InChI=1S/C24H26N2O5/c1-4-5-13-30-20-11-9-18(14-21(20)29-3)10-12-24(28)31-16-19-15-23(27)26-17(2)7-6-8-22(26)25-19/h6-12,14-15H,4-5,13,16H2,1-3H3/b12-10+. The molecule has 0 unspecified atom stereocenters. The number of fused-ring (bicyclic) bond motifs is 1. The second kappa shape index (κ2) is 10.4. The minimum atomic E-state index is -0.534. The Morgan fingerprint density at radius 2 is 2.00 bits per heavy atom. The first kappa shape index (κ1) is 22.1. The van der Waals surface area contributed by atoms with E-state index in [0.717, 1.165) is 24.1 Å². The first-order valence-corrected chi connectivity index (χ1v) is 10.2. The largest absolute Gasteiger partial charge is 0.493 e. The van der Waals surface area contributed by atoms with Crippen molar-refractivity contribution in [3.05, 3.63) is 75.8 Å². The van der Waals surface area contributed by atoms with E-state index < -0.39 is 5.97 Å². The van der Waals surface area contributed by atoms with Gasteiger partial charge in [0.1, 0.15) is 12.3 Å². The zero-order valence-electron chi connectivity index (χ0n) is 18.0. The highest BCUT2D eigenvalue weighted by atomic mass is 16.5. The van der Waals surface area contributed by atoms with E-state index in [4.69, 9.17) is 14.2 Å². The first-order valence-electron chi connectivity index (χ1n) is 10.2. The fourth-order valence-corrected chi connectivity index (χ4v) is 3.03. The maximum absolute atomic E-state index is 12.3. The Hall–Kier alpha value is -3.61. The predicted octanol–water partition coefficient (Wildman–Crippen LogP) is 3.95. The second-order valence-corrected chi connectivity index (χ2v) is 7.00. The van der Waals surface area contributed by atoms with E-state index in [1.165, 1.54) is 16.5 Å². The summed E-state index contributed by atoms with van der Waals surface area (Å²) in [5.41, 5.74) is 2.26. The molecule has 0 fully saturated rings. The van der Waals surface area contributed by atoms with Crippen LogP contribution in [0.25, 0.3) is 11.7 Å². The highest BCUT2D eigenvalue weighted by Gasteiger charge is 2.07. The van der Waals surface area contributed by atoms with Gasteiger partial charge in [-0.15, -0.1) is 0 Å². The second-order valence-electron chi connectivity index (χ2n) is 7.00. The number of pyridine rings is 1. The van der Waals surface area contributed by atoms with Gasteiger partial charge in [0.2, 0.25) is 0 Å². The van der Waals surface area contributed by atoms with Crippen LogP contribution >= 0.6 is 0 Å². The number of unbranched alkanes of at least 4 members (excludes halogenated alkanes) is 1. The van der Waals surface area contributed by atoms with Gasteiger partial charge in [0.15, 0.2) is 11.5 Å². The van der Waals surface area contributed by atoms with Crippen LogP contribution in [-0.4, -0.2) is 29.1 Å². The Balaban J connectivity index is 1.63. The molecule has 0 spiro atoms. The smallest absolute Gasteiger partial charge is 0.331 e. The van der Waals surface area contributed by atoms with E-state index in [0.29, 0.717) is 29.4 Å². The highest BCUT2D eigenvalue weighted by Crippen LogP contribution is 2.28. The number of benzene rings is 1. The van der Waals surface area contributed by atoms with Gasteiger partial charge in [-0.05, 0) is 49.2 Å². The lowest BCUT2D eigenvalue weighted by Crippen LogP contribution is -2.18. The van der Waals surface area contributed by atoms with Crippen LogP contribution in [0.5, 0.6) is 11.5 Å². The molecule has 3 aromatic rings. The Kier molecular flexibility index (Phi) is 7.43. The highest BCUT2D eigenvalue weighted by molar-refractivity contribution is 5.87. The number of aromatic nitrogens is 2. The molecule has 0 radical (unpaired) electrons. The third-order valence-corrected chi connectivity index (χ3v) is 4.65. The van der Waals surface area contributed by atoms with Crippen molar-refractivity contribution in [3.63, 3.8) is 0 Å². The van der Waals surface area contributed by atoms with Gasteiger partial charge in [0.05, 0.1) is 19.4 Å². The number of aryl methyl sites for hydroxylation is 1. The number of carbonyl (C=O) groups excluding carboxylic acids is 1. The maximum atomic E-state index is 12.3. The molecule has 7 nitrogen and oxygen atoms in total. The number of carbonyl (C=O) groups is 1. The Labute approximate surface area is 180 Å². The van der Waals surface area contributed by atoms with Crippen LogP contribution in [-0.2, 0) is 16.1 Å². The molecule has 3 rings (SSSR count). The summed E-state index contributed by atoms with van der Waals surface area (Å²) in [7, 11) is 1.57. The summed E-state index contributed by atoms with van der Waals surface area (Å²) >= 11 is 0. The van der Waals surface area contributed by atoms with Gasteiger partial charge in [0.25, 0.3) is 5.56 Å². The van der Waals surface area contributed by atoms with Crippen molar-refractivity contribution >= 4 is 17.7 Å². The van der Waals surface area contributed by atoms with Crippen LogP contribution < -0.4 is 15.0 Å². The van der Waals surface area contributed by atoms with Crippen LogP contribution in [0, 0.1) is 6.92 Å². The van der Waals surface area contributed by atoms with Gasteiger partial charge >= 0.3 is 5.97 Å². The molecule has 0 atom stereocenters. The van der Waals surface area contributed by atoms with Crippen molar-refractivity contribution in [3.8, 4) is 11.5 Å². The molecule has 2 heterocycles. The van der Waals surface area contributed by atoms with Crippen molar-refractivity contribution in [2.45, 2.75) is 33.3 Å². The summed E-state index contributed by atoms with van der Waals surface area (Å²) in [6.45, 7) is 4.47. The normalized spacial score (nSPS) is 11.1. The van der Waals surface area contributed by atoms with Crippen molar-refractivity contribution in [1.82, 2.24) is 9.38 Å². The van der Waals surface area contributed by atoms with E-state index in [1.54, 1.807) is 25.3 Å². The lowest BCUT2D eigenvalue weighted by molar-refractivity contribution is -0.139. The molecule has 31 heavy (non-hydrogen) atoms. The zero-order valence-corrected chi connectivity index (χ0v) is 18.0. The monoisotopic (exact) mass is 422 g/mol. The van der Waals surface area contributed by atoms with E-state index in [9.17, 15) is 9.59 Å².